The van der Waals surface area contributed by atoms with E-state index in [2.05, 4.69) is 6.07 Å². The quantitative estimate of drug-likeness (QED) is 0.582. The Bertz CT molecular complexity index is 174. The van der Waals surface area contributed by atoms with Crippen molar-refractivity contribution in [2.75, 3.05) is 0 Å². The Kier molecular flexibility index (Phi) is 2.04. The van der Waals surface area contributed by atoms with Crippen LogP contribution in [0.5, 0.6) is 0 Å². The summed E-state index contributed by atoms with van der Waals surface area (Å²) in [4.78, 5) is 0. The number of halogens is 3. The lowest BCUT2D eigenvalue weighted by atomic mass is 10.7. The van der Waals surface area contributed by atoms with Crippen molar-refractivity contribution < 1.29 is 0 Å². The van der Waals surface area contributed by atoms with E-state index >= 15 is 0 Å². The second-order valence-corrected chi connectivity index (χ2v) is 3.69. The first kappa shape index (κ1) is 6.69. The van der Waals surface area contributed by atoms with E-state index in [0.29, 0.717) is 13.7 Å². The Morgan fingerprint density at radius 3 is 2.00 bits per heavy atom. The molecule has 8 heavy (non-hydrogen) atoms. The summed E-state index contributed by atoms with van der Waals surface area (Å²) in [6, 6.07) is 2.62. The predicted molar refractivity (Wildman–Crippen MR) is 38.2 cm³/mol. The molecule has 0 bridgehead atoms. The second kappa shape index (κ2) is 2.44. The maximum absolute atomic E-state index is 5.50. The first-order chi connectivity index (χ1) is 3.70. The summed E-state index contributed by atoms with van der Waals surface area (Å²) in [5.41, 5.74) is 0. The van der Waals surface area contributed by atoms with Gasteiger partial charge in [-0.15, -0.1) is 11.3 Å². The highest BCUT2D eigenvalue weighted by molar-refractivity contribution is 7.20. The van der Waals surface area contributed by atoms with Crippen LogP contribution in [-0.2, 0) is 0 Å². The van der Waals surface area contributed by atoms with Gasteiger partial charge in [-0.3, -0.25) is 0 Å². The topological polar surface area (TPSA) is 0 Å². The van der Waals surface area contributed by atoms with Gasteiger partial charge in [-0.1, -0.05) is 34.8 Å². The first-order valence-electron chi connectivity index (χ1n) is 1.73. The maximum Gasteiger partial charge on any atom is 0.114 e. The molecule has 1 rings (SSSR count). The summed E-state index contributed by atoms with van der Waals surface area (Å²) in [5.74, 6) is 0. The largest absolute Gasteiger partial charge is 0.114 e. The average Bonchev–Trinajstić information content (AvgIpc) is 1.85. The van der Waals surface area contributed by atoms with Crippen molar-refractivity contribution in [2.24, 2.45) is 0 Å². The van der Waals surface area contributed by atoms with Gasteiger partial charge in [0.05, 0.1) is 5.02 Å². The molecule has 0 amide bonds. The van der Waals surface area contributed by atoms with Crippen molar-refractivity contribution in [3.63, 3.8) is 0 Å². The highest BCUT2D eigenvalue weighted by atomic mass is 35.5. The van der Waals surface area contributed by atoms with Crippen molar-refractivity contribution >= 4 is 46.1 Å². The Morgan fingerprint density at radius 1 is 1.25 bits per heavy atom. The van der Waals surface area contributed by atoms with Gasteiger partial charge in [0.2, 0.25) is 0 Å². The van der Waals surface area contributed by atoms with Crippen molar-refractivity contribution in [3.8, 4) is 0 Å². The fourth-order valence-corrected chi connectivity index (χ4v) is 1.77. The van der Waals surface area contributed by atoms with Gasteiger partial charge >= 0.3 is 0 Å². The minimum atomic E-state index is 0.404. The summed E-state index contributed by atoms with van der Waals surface area (Å²) >= 11 is 17.6. The number of hydrogen-bond donors (Lipinski definition) is 0. The summed E-state index contributed by atoms with van der Waals surface area (Å²) in [7, 11) is 0. The molecule has 4 heteroatoms. The van der Waals surface area contributed by atoms with Gasteiger partial charge < -0.3 is 0 Å². The van der Waals surface area contributed by atoms with Crippen LogP contribution in [0.3, 0.4) is 0 Å². The van der Waals surface area contributed by atoms with E-state index in [0.717, 1.165) is 0 Å². The van der Waals surface area contributed by atoms with Crippen LogP contribution in [0.1, 0.15) is 0 Å². The third-order valence-corrected chi connectivity index (χ3v) is 2.46. The third kappa shape index (κ3) is 1.29. The van der Waals surface area contributed by atoms with Crippen LogP contribution in [0.25, 0.3) is 0 Å². The monoisotopic (exact) mass is 185 g/mol. The zero-order chi connectivity index (χ0) is 6.15. The fourth-order valence-electron chi connectivity index (χ4n) is 0.284. The molecule has 0 saturated carbocycles. The van der Waals surface area contributed by atoms with E-state index in [1.807, 2.05) is 0 Å². The van der Waals surface area contributed by atoms with Crippen molar-refractivity contribution in [2.45, 2.75) is 0 Å². The number of hydrogen-bond acceptors (Lipinski definition) is 1. The molecule has 43 valence electrons. The lowest BCUT2D eigenvalue weighted by Gasteiger charge is -1.72. The molecule has 0 aliphatic heterocycles. The molecule has 0 aliphatic carbocycles. The lowest BCUT2D eigenvalue weighted by molar-refractivity contribution is 1.96. The molecule has 1 radical (unpaired) electrons. The van der Waals surface area contributed by atoms with Crippen LogP contribution in [-0.4, -0.2) is 0 Å². The molecule has 1 aromatic rings. The summed E-state index contributed by atoms with van der Waals surface area (Å²) in [6.07, 6.45) is 0. The minimum absolute atomic E-state index is 0.404. The zero-order valence-electron chi connectivity index (χ0n) is 3.54. The van der Waals surface area contributed by atoms with E-state index in [-0.39, 0.29) is 0 Å². The Balaban J connectivity index is 3.14. The highest BCUT2D eigenvalue weighted by Gasteiger charge is 2.01. The molecular formula is C4Cl3S. The molecule has 1 aromatic heterocycles. The smallest absolute Gasteiger partial charge is 0.109 e. The fraction of sp³-hybridized carbons (Fsp3) is 0. The highest BCUT2D eigenvalue weighted by Crippen LogP contribution is 2.33. The molecule has 0 fully saturated rings. The third-order valence-electron chi connectivity index (χ3n) is 0.560. The summed E-state index contributed by atoms with van der Waals surface area (Å²) in [6.45, 7) is 0. The number of rotatable bonds is 0. The standard InChI is InChI=1S/C4Cl3S/c5-2-1-3(6)8-4(2)7. The molecule has 0 spiro atoms. The molecular weight excluding hydrogens is 186 g/mol. The van der Waals surface area contributed by atoms with Crippen LogP contribution >= 0.6 is 46.1 Å². The minimum Gasteiger partial charge on any atom is -0.109 e. The Hall–Kier alpha value is 0.570. The van der Waals surface area contributed by atoms with Crippen LogP contribution in [0, 0.1) is 6.07 Å². The number of thiophene rings is 1. The molecule has 0 atom stereocenters. The van der Waals surface area contributed by atoms with E-state index in [9.17, 15) is 0 Å². The van der Waals surface area contributed by atoms with Crippen molar-refractivity contribution in [1.29, 1.82) is 0 Å². The van der Waals surface area contributed by atoms with E-state index in [4.69, 9.17) is 34.8 Å². The van der Waals surface area contributed by atoms with Crippen LogP contribution in [0.2, 0.25) is 13.7 Å². The molecule has 0 N–H and O–H groups in total. The van der Waals surface area contributed by atoms with Gasteiger partial charge in [0.15, 0.2) is 0 Å². The molecule has 0 aromatic carbocycles. The molecule has 0 nitrogen and oxygen atoms in total. The van der Waals surface area contributed by atoms with Gasteiger partial charge in [-0.2, -0.15) is 0 Å². The molecule has 0 aliphatic rings. The van der Waals surface area contributed by atoms with Gasteiger partial charge in [0, 0.05) is 6.07 Å². The van der Waals surface area contributed by atoms with Crippen molar-refractivity contribution in [1.82, 2.24) is 0 Å². The summed E-state index contributed by atoms with van der Waals surface area (Å²) in [5, 5.41) is 0.404. The lowest BCUT2D eigenvalue weighted by Crippen LogP contribution is -1.45. The first-order valence-corrected chi connectivity index (χ1v) is 3.68. The van der Waals surface area contributed by atoms with Crippen LogP contribution < -0.4 is 0 Å². The van der Waals surface area contributed by atoms with Crippen molar-refractivity contribution in [3.05, 3.63) is 19.8 Å². The Morgan fingerprint density at radius 2 is 1.88 bits per heavy atom. The normalized spacial score (nSPS) is 9.88. The van der Waals surface area contributed by atoms with E-state index < -0.39 is 0 Å². The maximum atomic E-state index is 5.50. The molecule has 0 saturated heterocycles. The van der Waals surface area contributed by atoms with Crippen LogP contribution in [0.15, 0.2) is 0 Å². The zero-order valence-corrected chi connectivity index (χ0v) is 6.63. The molecule has 0 unspecified atom stereocenters. The SMILES string of the molecule is Clc1[c]c(Cl)c(Cl)s1. The molecule has 1 heterocycles. The van der Waals surface area contributed by atoms with Gasteiger partial charge in [-0.25, -0.2) is 0 Å². The Labute approximate surface area is 66.0 Å². The van der Waals surface area contributed by atoms with Gasteiger partial charge in [0.1, 0.15) is 8.67 Å². The second-order valence-electron chi connectivity index (χ2n) is 1.09. The van der Waals surface area contributed by atoms with E-state index in [1.165, 1.54) is 11.3 Å². The van der Waals surface area contributed by atoms with Crippen LogP contribution in [0.4, 0.5) is 0 Å². The van der Waals surface area contributed by atoms with Gasteiger partial charge in [0.25, 0.3) is 0 Å². The summed E-state index contributed by atoms with van der Waals surface area (Å²) < 4.78 is 0.997. The van der Waals surface area contributed by atoms with E-state index in [1.54, 1.807) is 0 Å². The average molecular weight is 186 g/mol. The predicted octanol–water partition coefficient (Wildman–Crippen LogP) is 3.51. The van der Waals surface area contributed by atoms with Gasteiger partial charge in [-0.05, 0) is 0 Å².